The van der Waals surface area contributed by atoms with Gasteiger partial charge in [0, 0.05) is 23.0 Å². The summed E-state index contributed by atoms with van der Waals surface area (Å²) in [5, 5.41) is 9.60. The van der Waals surface area contributed by atoms with Gasteiger partial charge >= 0.3 is 0 Å². The van der Waals surface area contributed by atoms with Crippen molar-refractivity contribution in [3.05, 3.63) is 64.9 Å². The third kappa shape index (κ3) is 2.39. The van der Waals surface area contributed by atoms with Gasteiger partial charge in [0.25, 0.3) is 0 Å². The molecule has 1 aromatic carbocycles. The summed E-state index contributed by atoms with van der Waals surface area (Å²) in [6, 6.07) is 12.2. The molecule has 0 saturated heterocycles. The zero-order valence-electron chi connectivity index (χ0n) is 9.38. The highest BCUT2D eigenvalue weighted by molar-refractivity contribution is 6.31. The van der Waals surface area contributed by atoms with E-state index in [2.05, 4.69) is 4.98 Å². The predicted molar refractivity (Wildman–Crippen MR) is 68.4 cm³/mol. The van der Waals surface area contributed by atoms with Crippen LogP contribution in [0.3, 0.4) is 0 Å². The normalized spacial score (nSPS) is 11.6. The molecule has 88 valence electrons. The van der Waals surface area contributed by atoms with Crippen LogP contribution >= 0.6 is 11.6 Å². The molecule has 1 aromatic heterocycles. The lowest BCUT2D eigenvalue weighted by molar-refractivity contribution is 0.0978. The van der Waals surface area contributed by atoms with Crippen LogP contribution in [0.1, 0.15) is 21.8 Å². The molecule has 0 N–H and O–H groups in total. The van der Waals surface area contributed by atoms with Crippen molar-refractivity contribution in [1.82, 2.24) is 4.98 Å². The molecule has 0 amide bonds. The lowest BCUT2D eigenvalue weighted by atomic mass is 9.92. The maximum Gasteiger partial charge on any atom is 0.186 e. The quantitative estimate of drug-likeness (QED) is 0.793. The second-order valence-corrected chi connectivity index (χ2v) is 4.10. The standard InChI is InChI=1S/C14H9ClN2O/c15-13-6-2-1-5-11(13)12(8-16)14(18)10-4-3-7-17-9-10/h1-7,9,12H. The van der Waals surface area contributed by atoms with Crippen molar-refractivity contribution in [2.24, 2.45) is 0 Å². The first-order chi connectivity index (χ1) is 8.74. The largest absolute Gasteiger partial charge is 0.292 e. The Hall–Kier alpha value is -2.18. The number of halogens is 1. The van der Waals surface area contributed by atoms with Crippen LogP contribution in [0.5, 0.6) is 0 Å². The van der Waals surface area contributed by atoms with Gasteiger partial charge in [0.05, 0.1) is 6.07 Å². The van der Waals surface area contributed by atoms with Crippen molar-refractivity contribution in [2.75, 3.05) is 0 Å². The number of nitriles is 1. The van der Waals surface area contributed by atoms with E-state index in [1.165, 1.54) is 6.20 Å². The fourth-order valence-electron chi connectivity index (χ4n) is 1.65. The van der Waals surface area contributed by atoms with Gasteiger partial charge in [0.2, 0.25) is 0 Å². The van der Waals surface area contributed by atoms with Gasteiger partial charge in [0.1, 0.15) is 5.92 Å². The molecule has 2 aromatic rings. The molecule has 1 unspecified atom stereocenters. The lowest BCUT2D eigenvalue weighted by Gasteiger charge is -2.09. The number of aromatic nitrogens is 1. The Bertz CT molecular complexity index is 605. The lowest BCUT2D eigenvalue weighted by Crippen LogP contribution is -2.11. The first-order valence-corrected chi connectivity index (χ1v) is 5.70. The van der Waals surface area contributed by atoms with Crippen molar-refractivity contribution in [3.63, 3.8) is 0 Å². The van der Waals surface area contributed by atoms with E-state index in [4.69, 9.17) is 11.6 Å². The summed E-state index contributed by atoms with van der Waals surface area (Å²) in [6.45, 7) is 0. The molecule has 1 atom stereocenters. The van der Waals surface area contributed by atoms with Gasteiger partial charge in [-0.15, -0.1) is 0 Å². The fraction of sp³-hybridized carbons (Fsp3) is 0.0714. The smallest absolute Gasteiger partial charge is 0.186 e. The zero-order valence-corrected chi connectivity index (χ0v) is 10.1. The second-order valence-electron chi connectivity index (χ2n) is 3.69. The van der Waals surface area contributed by atoms with E-state index < -0.39 is 5.92 Å². The van der Waals surface area contributed by atoms with Crippen molar-refractivity contribution in [2.45, 2.75) is 5.92 Å². The second kappa shape index (κ2) is 5.44. The molecule has 1 heterocycles. The Morgan fingerprint density at radius 3 is 2.67 bits per heavy atom. The summed E-state index contributed by atoms with van der Waals surface area (Å²) in [4.78, 5) is 16.1. The molecule has 18 heavy (non-hydrogen) atoms. The molecule has 0 aliphatic rings. The Balaban J connectivity index is 2.40. The van der Waals surface area contributed by atoms with E-state index in [0.717, 1.165) is 0 Å². The summed E-state index contributed by atoms with van der Waals surface area (Å²) >= 11 is 6.01. The van der Waals surface area contributed by atoms with Crippen LogP contribution in [-0.4, -0.2) is 10.8 Å². The van der Waals surface area contributed by atoms with Gasteiger partial charge < -0.3 is 0 Å². The van der Waals surface area contributed by atoms with Crippen LogP contribution in [0.15, 0.2) is 48.8 Å². The van der Waals surface area contributed by atoms with Crippen LogP contribution in [0, 0.1) is 11.3 Å². The molecule has 0 spiro atoms. The average Bonchev–Trinajstić information content (AvgIpc) is 2.42. The number of carbonyl (C=O) groups is 1. The fourth-order valence-corrected chi connectivity index (χ4v) is 1.90. The summed E-state index contributed by atoms with van der Waals surface area (Å²) in [7, 11) is 0. The van der Waals surface area contributed by atoms with Crippen LogP contribution in [-0.2, 0) is 0 Å². The van der Waals surface area contributed by atoms with E-state index in [1.54, 1.807) is 42.6 Å². The topological polar surface area (TPSA) is 53.8 Å². The molecule has 0 aliphatic carbocycles. The SMILES string of the molecule is N#CC(C(=O)c1cccnc1)c1ccccc1Cl. The third-order valence-corrected chi connectivity index (χ3v) is 2.90. The van der Waals surface area contributed by atoms with Gasteiger partial charge in [-0.1, -0.05) is 29.8 Å². The van der Waals surface area contributed by atoms with Crippen LogP contribution in [0.25, 0.3) is 0 Å². The van der Waals surface area contributed by atoms with Crippen molar-refractivity contribution in [1.29, 1.82) is 5.26 Å². The van der Waals surface area contributed by atoms with Crippen molar-refractivity contribution < 1.29 is 4.79 Å². The molecular weight excluding hydrogens is 248 g/mol. The van der Waals surface area contributed by atoms with E-state index in [0.29, 0.717) is 16.1 Å². The molecule has 3 nitrogen and oxygen atoms in total. The highest BCUT2D eigenvalue weighted by Gasteiger charge is 2.23. The number of hydrogen-bond acceptors (Lipinski definition) is 3. The number of nitrogens with zero attached hydrogens (tertiary/aromatic N) is 2. The van der Waals surface area contributed by atoms with Gasteiger partial charge in [-0.2, -0.15) is 5.26 Å². The first kappa shape index (κ1) is 12.3. The van der Waals surface area contributed by atoms with Gasteiger partial charge in [-0.3, -0.25) is 9.78 Å². The number of ketones is 1. The molecule has 0 fully saturated rings. The molecule has 0 bridgehead atoms. The first-order valence-electron chi connectivity index (χ1n) is 5.32. The van der Waals surface area contributed by atoms with Gasteiger partial charge in [0.15, 0.2) is 5.78 Å². The number of rotatable bonds is 3. The maximum absolute atomic E-state index is 12.2. The number of benzene rings is 1. The Kier molecular flexibility index (Phi) is 3.71. The Morgan fingerprint density at radius 2 is 2.06 bits per heavy atom. The Morgan fingerprint density at radius 1 is 1.28 bits per heavy atom. The minimum atomic E-state index is -0.900. The van der Waals surface area contributed by atoms with Gasteiger partial charge in [-0.05, 0) is 23.8 Å². The number of hydrogen-bond donors (Lipinski definition) is 0. The monoisotopic (exact) mass is 256 g/mol. The molecule has 4 heteroatoms. The molecular formula is C14H9ClN2O. The molecule has 0 aliphatic heterocycles. The molecule has 0 radical (unpaired) electrons. The molecule has 2 rings (SSSR count). The van der Waals surface area contributed by atoms with E-state index in [9.17, 15) is 10.1 Å². The van der Waals surface area contributed by atoms with Crippen molar-refractivity contribution in [3.8, 4) is 6.07 Å². The minimum Gasteiger partial charge on any atom is -0.292 e. The summed E-state index contributed by atoms with van der Waals surface area (Å²) in [5.74, 6) is -1.19. The van der Waals surface area contributed by atoms with Crippen LogP contribution in [0.4, 0.5) is 0 Å². The average molecular weight is 257 g/mol. The summed E-state index contributed by atoms with van der Waals surface area (Å²) in [5.41, 5.74) is 0.930. The van der Waals surface area contributed by atoms with Crippen LogP contribution in [0.2, 0.25) is 5.02 Å². The predicted octanol–water partition coefficient (Wildman–Crippen LogP) is 3.23. The van der Waals surface area contributed by atoms with Crippen molar-refractivity contribution >= 4 is 17.4 Å². The highest BCUT2D eigenvalue weighted by Crippen LogP contribution is 2.26. The van der Waals surface area contributed by atoms with Gasteiger partial charge in [-0.25, -0.2) is 0 Å². The number of carbonyl (C=O) groups excluding carboxylic acids is 1. The van der Waals surface area contributed by atoms with Crippen LogP contribution < -0.4 is 0 Å². The highest BCUT2D eigenvalue weighted by atomic mass is 35.5. The summed E-state index contributed by atoms with van der Waals surface area (Å²) < 4.78 is 0. The Labute approximate surface area is 110 Å². The summed E-state index contributed by atoms with van der Waals surface area (Å²) in [6.07, 6.45) is 3.02. The van der Waals surface area contributed by atoms with E-state index in [1.807, 2.05) is 6.07 Å². The minimum absolute atomic E-state index is 0.293. The third-order valence-electron chi connectivity index (χ3n) is 2.55. The van der Waals surface area contributed by atoms with E-state index in [-0.39, 0.29) is 5.78 Å². The number of pyridine rings is 1. The van der Waals surface area contributed by atoms with E-state index >= 15 is 0 Å². The maximum atomic E-state index is 12.2. The zero-order chi connectivity index (χ0) is 13.0. The number of Topliss-reactive ketones (excluding diaryl/α,β-unsaturated/α-hetero) is 1. The molecule has 0 saturated carbocycles.